The minimum absolute atomic E-state index is 0.368. The summed E-state index contributed by atoms with van der Waals surface area (Å²) < 4.78 is 19.4. The van der Waals surface area contributed by atoms with E-state index in [4.69, 9.17) is 0 Å². The monoisotopic (exact) mass is 695 g/mol. The Bertz CT molecular complexity index is 2760. The van der Waals surface area contributed by atoms with Crippen molar-refractivity contribution in [3.05, 3.63) is 81.5 Å². The maximum atomic E-state index is 2.59. The van der Waals surface area contributed by atoms with Crippen molar-refractivity contribution in [3.8, 4) is 11.4 Å². The van der Waals surface area contributed by atoms with E-state index < -0.39 is 0 Å². The van der Waals surface area contributed by atoms with Gasteiger partial charge in [-0.05, 0) is 6.92 Å². The van der Waals surface area contributed by atoms with Gasteiger partial charge in [0.1, 0.15) is 0 Å². The number of thiophene rings is 4. The molecule has 0 saturated heterocycles. The van der Waals surface area contributed by atoms with Crippen molar-refractivity contribution >= 4 is 130 Å². The molecule has 2 aromatic carbocycles. The summed E-state index contributed by atoms with van der Waals surface area (Å²) in [6.07, 6.45) is 0. The second kappa shape index (κ2) is 8.54. The van der Waals surface area contributed by atoms with E-state index in [1.54, 1.807) is 8.52 Å². The van der Waals surface area contributed by atoms with E-state index in [0.717, 1.165) is 0 Å². The van der Waals surface area contributed by atoms with Crippen molar-refractivity contribution in [2.75, 3.05) is 0 Å². The van der Waals surface area contributed by atoms with Gasteiger partial charge in [-0.25, -0.2) is 0 Å². The number of hydrogen-bond acceptors (Lipinski definition) is 4. The van der Waals surface area contributed by atoms with Crippen LogP contribution in [-0.4, -0.2) is 28.2 Å². The number of aryl methyl sites for hydroxylation is 5. The topological polar surface area (TPSA) is 14.8 Å². The van der Waals surface area contributed by atoms with Crippen LogP contribution in [0.1, 0.15) is 20.9 Å². The predicted molar refractivity (Wildman–Crippen MR) is 194 cm³/mol. The fourth-order valence-corrected chi connectivity index (χ4v) is 15.6. The molecule has 210 valence electrons. The van der Waals surface area contributed by atoms with Gasteiger partial charge in [-0.15, -0.1) is 0 Å². The molecule has 0 N–H and O–H groups in total. The molecule has 0 aliphatic heterocycles. The Morgan fingerprint density at radius 2 is 1.09 bits per heavy atom. The zero-order valence-electron chi connectivity index (χ0n) is 24.2. The van der Waals surface area contributed by atoms with Crippen molar-refractivity contribution in [3.63, 3.8) is 0 Å². The van der Waals surface area contributed by atoms with Crippen LogP contribution in [0.25, 0.3) is 81.2 Å². The fraction of sp³-hybridized carbons (Fsp3) is 0.143. The Hall–Kier alpha value is -3.10. The second-order valence-electron chi connectivity index (χ2n) is 11.7. The first kappa shape index (κ1) is 25.2. The van der Waals surface area contributed by atoms with Crippen LogP contribution >= 0.6 is 45.3 Å². The zero-order valence-corrected chi connectivity index (χ0v) is 29.1. The van der Waals surface area contributed by atoms with Crippen LogP contribution in [0.2, 0.25) is 0 Å². The first-order chi connectivity index (χ1) is 20.9. The number of fused-ring (bicyclic) bond motifs is 13. The molecule has 0 aliphatic carbocycles. The molecule has 0 radical (unpaired) electrons. The van der Waals surface area contributed by atoms with Crippen LogP contribution in [0, 0.1) is 27.7 Å². The molecule has 0 atom stereocenters. The average Bonchev–Trinajstić information content (AvgIpc) is 3.81. The Labute approximate surface area is 269 Å². The molecule has 8 aromatic heterocycles. The number of aromatic nitrogens is 3. The van der Waals surface area contributed by atoms with Gasteiger partial charge in [0.2, 0.25) is 0 Å². The van der Waals surface area contributed by atoms with E-state index in [2.05, 4.69) is 109 Å². The van der Waals surface area contributed by atoms with E-state index in [0.29, 0.717) is 14.5 Å². The van der Waals surface area contributed by atoms with Gasteiger partial charge in [0.05, 0.1) is 0 Å². The van der Waals surface area contributed by atoms with Gasteiger partial charge in [0.15, 0.2) is 0 Å². The SMILES string of the molecule is Cc1ccc(-n2c3cc(C)sc3c3c2c2sc4c(sc5c6[se]c7cc(C)sc7c6n(C)c45)c2n3-c2ccc(C)cc2)cc1. The van der Waals surface area contributed by atoms with Crippen molar-refractivity contribution in [2.24, 2.45) is 7.05 Å². The summed E-state index contributed by atoms with van der Waals surface area (Å²) in [4.78, 5) is 2.77. The summed E-state index contributed by atoms with van der Waals surface area (Å²) in [6.45, 7) is 8.84. The van der Waals surface area contributed by atoms with E-state index in [1.165, 1.54) is 93.6 Å². The fourth-order valence-electron chi connectivity index (χ4n) is 6.91. The molecular formula is C35H25N3S4Se. The summed E-state index contributed by atoms with van der Waals surface area (Å²) in [5.41, 5.74) is 13.3. The summed E-state index contributed by atoms with van der Waals surface area (Å²) in [6, 6.07) is 23.0. The van der Waals surface area contributed by atoms with Crippen molar-refractivity contribution in [1.82, 2.24) is 13.7 Å². The van der Waals surface area contributed by atoms with Crippen molar-refractivity contribution in [1.29, 1.82) is 0 Å². The molecule has 0 aliphatic rings. The molecule has 0 bridgehead atoms. The van der Waals surface area contributed by atoms with E-state index in [-0.39, 0.29) is 0 Å². The van der Waals surface area contributed by atoms with Gasteiger partial charge in [-0.2, -0.15) is 0 Å². The molecule has 43 heavy (non-hydrogen) atoms. The van der Waals surface area contributed by atoms with Crippen LogP contribution in [-0.2, 0) is 7.05 Å². The van der Waals surface area contributed by atoms with Crippen LogP contribution < -0.4 is 0 Å². The standard InChI is InChI=1S/C35H25N3S4Se/c1-16-6-10-20(11-7-16)37-22-14-18(3)39-29(22)24-25(37)31-27(38(24)21-12-8-17(2)9-13-21)33-32(41-31)26-34(42-33)35-28(36(26)5)30-23(43-35)15-19(4)40-30/h6-15H,1-5H3. The molecule has 10 aromatic rings. The van der Waals surface area contributed by atoms with Crippen LogP contribution in [0.15, 0.2) is 60.7 Å². The Kier molecular flexibility index (Phi) is 5.01. The maximum absolute atomic E-state index is 2.59. The molecule has 0 fully saturated rings. The van der Waals surface area contributed by atoms with Gasteiger partial charge in [-0.1, -0.05) is 0 Å². The molecule has 3 nitrogen and oxygen atoms in total. The molecule has 10 rings (SSSR count). The number of hydrogen-bond donors (Lipinski definition) is 0. The molecule has 8 heterocycles. The molecule has 0 spiro atoms. The average molecular weight is 695 g/mol. The van der Waals surface area contributed by atoms with Crippen molar-refractivity contribution in [2.45, 2.75) is 27.7 Å². The third-order valence-corrected chi connectivity index (χ3v) is 16.4. The summed E-state index contributed by atoms with van der Waals surface area (Å²) in [7, 11) is 2.30. The first-order valence-corrected chi connectivity index (χ1v) is 19.3. The Morgan fingerprint density at radius 3 is 1.81 bits per heavy atom. The quantitative estimate of drug-likeness (QED) is 0.160. The summed E-state index contributed by atoms with van der Waals surface area (Å²) in [5, 5.41) is 0. The minimum atomic E-state index is 0.368. The molecule has 0 saturated carbocycles. The number of rotatable bonds is 2. The number of benzene rings is 2. The summed E-state index contributed by atoms with van der Waals surface area (Å²) >= 11 is 8.29. The Morgan fingerprint density at radius 1 is 0.512 bits per heavy atom. The molecule has 0 unspecified atom stereocenters. The van der Waals surface area contributed by atoms with E-state index in [9.17, 15) is 0 Å². The summed E-state index contributed by atoms with van der Waals surface area (Å²) in [5.74, 6) is 0. The van der Waals surface area contributed by atoms with Crippen molar-refractivity contribution < 1.29 is 0 Å². The third kappa shape index (κ3) is 3.19. The molecular weight excluding hydrogens is 670 g/mol. The van der Waals surface area contributed by atoms with Gasteiger partial charge < -0.3 is 0 Å². The van der Waals surface area contributed by atoms with Gasteiger partial charge in [-0.3, -0.25) is 0 Å². The zero-order chi connectivity index (χ0) is 28.9. The van der Waals surface area contributed by atoms with E-state index >= 15 is 0 Å². The first-order valence-electron chi connectivity index (χ1n) is 14.3. The van der Waals surface area contributed by atoms with Gasteiger partial charge >= 0.3 is 264 Å². The molecule has 8 heteroatoms. The van der Waals surface area contributed by atoms with E-state index in [1.807, 2.05) is 45.3 Å². The van der Waals surface area contributed by atoms with Crippen LogP contribution in [0.3, 0.4) is 0 Å². The number of nitrogens with zero attached hydrogens (tertiary/aromatic N) is 3. The van der Waals surface area contributed by atoms with Crippen LogP contribution in [0.4, 0.5) is 0 Å². The van der Waals surface area contributed by atoms with Gasteiger partial charge in [0.25, 0.3) is 0 Å². The second-order valence-corrected chi connectivity index (χ2v) is 18.5. The van der Waals surface area contributed by atoms with Gasteiger partial charge in [0, 0.05) is 0 Å². The third-order valence-electron chi connectivity index (χ3n) is 8.80. The predicted octanol–water partition coefficient (Wildman–Crippen LogP) is 11.2. The van der Waals surface area contributed by atoms with Crippen LogP contribution in [0.5, 0.6) is 0 Å². The molecule has 0 amide bonds. The Balaban J connectivity index is 1.43. The normalized spacial score (nSPS) is 12.8.